The molecular formula is C18H13F4N3O. The number of alkyl halides is 3. The maximum atomic E-state index is 13.1. The van der Waals surface area contributed by atoms with Gasteiger partial charge in [0.2, 0.25) is 0 Å². The summed E-state index contributed by atoms with van der Waals surface area (Å²) in [5.41, 5.74) is 0.0326. The first-order valence-corrected chi connectivity index (χ1v) is 7.55. The number of amides is 1. The predicted octanol–water partition coefficient (Wildman–Crippen LogP) is 4.59. The normalized spacial score (nSPS) is 11.4. The van der Waals surface area contributed by atoms with Crippen LogP contribution in [-0.4, -0.2) is 15.7 Å². The second-order valence-electron chi connectivity index (χ2n) is 5.59. The predicted molar refractivity (Wildman–Crippen MR) is 87.7 cm³/mol. The lowest BCUT2D eigenvalue weighted by Gasteiger charge is -2.11. The molecule has 0 radical (unpaired) electrons. The van der Waals surface area contributed by atoms with E-state index in [9.17, 15) is 22.4 Å². The first kappa shape index (κ1) is 17.7. The van der Waals surface area contributed by atoms with Crippen LogP contribution in [0.1, 0.15) is 21.6 Å². The van der Waals surface area contributed by atoms with Gasteiger partial charge in [0, 0.05) is 11.6 Å². The Bertz CT molecular complexity index is 946. The Labute approximate surface area is 146 Å². The van der Waals surface area contributed by atoms with Crippen LogP contribution in [0.2, 0.25) is 0 Å². The van der Waals surface area contributed by atoms with Crippen LogP contribution in [0, 0.1) is 12.7 Å². The summed E-state index contributed by atoms with van der Waals surface area (Å²) in [6.45, 7) is 1.69. The van der Waals surface area contributed by atoms with Gasteiger partial charge in [0.25, 0.3) is 5.91 Å². The molecule has 0 saturated heterocycles. The first-order valence-electron chi connectivity index (χ1n) is 7.55. The highest BCUT2D eigenvalue weighted by molar-refractivity contribution is 6.04. The monoisotopic (exact) mass is 363 g/mol. The van der Waals surface area contributed by atoms with Crippen molar-refractivity contribution in [2.24, 2.45) is 0 Å². The van der Waals surface area contributed by atoms with E-state index in [1.807, 2.05) is 0 Å². The summed E-state index contributed by atoms with van der Waals surface area (Å²) in [7, 11) is 0. The van der Waals surface area contributed by atoms with E-state index < -0.39 is 23.5 Å². The molecule has 3 rings (SSSR count). The van der Waals surface area contributed by atoms with Crippen molar-refractivity contribution >= 4 is 11.7 Å². The Hall–Kier alpha value is -3.16. The molecule has 0 unspecified atom stereocenters. The zero-order valence-electron chi connectivity index (χ0n) is 13.5. The largest absolute Gasteiger partial charge is 0.416 e. The minimum absolute atomic E-state index is 0.135. The quantitative estimate of drug-likeness (QED) is 0.692. The van der Waals surface area contributed by atoms with Crippen LogP contribution < -0.4 is 5.32 Å². The Kier molecular flexibility index (Phi) is 4.50. The van der Waals surface area contributed by atoms with Crippen molar-refractivity contribution in [2.45, 2.75) is 13.1 Å². The van der Waals surface area contributed by atoms with Gasteiger partial charge in [-0.3, -0.25) is 4.79 Å². The summed E-state index contributed by atoms with van der Waals surface area (Å²) in [6, 6.07) is 11.1. The average Bonchev–Trinajstić information content (AvgIpc) is 2.95. The molecule has 0 aliphatic carbocycles. The minimum atomic E-state index is -4.54. The number of nitrogens with one attached hydrogen (secondary N) is 1. The fourth-order valence-electron chi connectivity index (χ4n) is 2.39. The molecule has 4 nitrogen and oxygen atoms in total. The van der Waals surface area contributed by atoms with Crippen LogP contribution in [0.4, 0.5) is 23.4 Å². The van der Waals surface area contributed by atoms with Crippen LogP contribution in [0.15, 0.2) is 54.6 Å². The van der Waals surface area contributed by atoms with E-state index in [1.165, 1.54) is 41.1 Å². The number of nitrogens with zero attached hydrogens (tertiary/aromatic N) is 2. The third-order valence-electron chi connectivity index (χ3n) is 3.60. The lowest BCUT2D eigenvalue weighted by atomic mass is 10.1. The number of aromatic nitrogens is 2. The molecule has 0 aliphatic heterocycles. The smallest absolute Gasteiger partial charge is 0.306 e. The van der Waals surface area contributed by atoms with Gasteiger partial charge < -0.3 is 5.32 Å². The molecule has 0 spiro atoms. The third-order valence-corrected chi connectivity index (χ3v) is 3.60. The molecule has 0 fully saturated rings. The van der Waals surface area contributed by atoms with Crippen molar-refractivity contribution in [3.8, 4) is 5.69 Å². The van der Waals surface area contributed by atoms with Crippen LogP contribution in [0.3, 0.4) is 0 Å². The molecule has 3 aromatic rings. The van der Waals surface area contributed by atoms with Crippen molar-refractivity contribution in [3.05, 3.63) is 77.2 Å². The Balaban J connectivity index is 1.90. The van der Waals surface area contributed by atoms with Gasteiger partial charge in [-0.15, -0.1) is 0 Å². The summed E-state index contributed by atoms with van der Waals surface area (Å²) < 4.78 is 52.9. The van der Waals surface area contributed by atoms with Crippen molar-refractivity contribution in [1.82, 2.24) is 9.78 Å². The molecule has 0 bridgehead atoms. The second kappa shape index (κ2) is 6.62. The molecule has 26 heavy (non-hydrogen) atoms. The van der Waals surface area contributed by atoms with Gasteiger partial charge in [-0.25, -0.2) is 9.07 Å². The van der Waals surface area contributed by atoms with Gasteiger partial charge in [-0.1, -0.05) is 6.07 Å². The Morgan fingerprint density at radius 3 is 2.42 bits per heavy atom. The summed E-state index contributed by atoms with van der Waals surface area (Å²) >= 11 is 0. The van der Waals surface area contributed by atoms with Crippen molar-refractivity contribution in [3.63, 3.8) is 0 Å². The molecule has 1 heterocycles. The molecular weight excluding hydrogens is 350 g/mol. The van der Waals surface area contributed by atoms with E-state index in [0.29, 0.717) is 11.4 Å². The van der Waals surface area contributed by atoms with Crippen molar-refractivity contribution < 1.29 is 22.4 Å². The summed E-state index contributed by atoms with van der Waals surface area (Å²) in [5, 5.41) is 6.75. The number of hydrogen-bond donors (Lipinski definition) is 1. The number of anilines is 1. The summed E-state index contributed by atoms with van der Waals surface area (Å²) in [5.74, 6) is -0.872. The summed E-state index contributed by atoms with van der Waals surface area (Å²) in [6.07, 6.45) is -4.54. The number of aryl methyl sites for hydroxylation is 1. The van der Waals surface area contributed by atoms with Gasteiger partial charge in [0.1, 0.15) is 11.6 Å². The highest BCUT2D eigenvalue weighted by Crippen LogP contribution is 2.29. The third kappa shape index (κ3) is 3.74. The SMILES string of the molecule is Cc1cc(NC(=O)c2cccc(C(F)(F)F)c2)n(-c2ccc(F)cc2)n1. The zero-order valence-corrected chi connectivity index (χ0v) is 13.5. The maximum Gasteiger partial charge on any atom is 0.416 e. The van der Waals surface area contributed by atoms with Gasteiger partial charge in [0.05, 0.1) is 16.9 Å². The van der Waals surface area contributed by atoms with Gasteiger partial charge in [-0.05, 0) is 49.4 Å². The van der Waals surface area contributed by atoms with Gasteiger partial charge >= 0.3 is 6.18 Å². The van der Waals surface area contributed by atoms with E-state index in [0.717, 1.165) is 12.1 Å². The maximum absolute atomic E-state index is 13.1. The topological polar surface area (TPSA) is 46.9 Å². The Morgan fingerprint density at radius 2 is 1.77 bits per heavy atom. The molecule has 8 heteroatoms. The number of halogens is 4. The van der Waals surface area contributed by atoms with Crippen LogP contribution >= 0.6 is 0 Å². The van der Waals surface area contributed by atoms with Crippen molar-refractivity contribution in [2.75, 3.05) is 5.32 Å². The zero-order chi connectivity index (χ0) is 18.9. The van der Waals surface area contributed by atoms with E-state index in [4.69, 9.17) is 0 Å². The highest BCUT2D eigenvalue weighted by atomic mass is 19.4. The van der Waals surface area contributed by atoms with Gasteiger partial charge in [-0.2, -0.15) is 18.3 Å². The van der Waals surface area contributed by atoms with E-state index in [2.05, 4.69) is 10.4 Å². The minimum Gasteiger partial charge on any atom is -0.306 e. The number of carbonyl (C=O) groups excluding carboxylic acids is 1. The molecule has 1 amide bonds. The van der Waals surface area contributed by atoms with Crippen LogP contribution in [0.5, 0.6) is 0 Å². The number of hydrogen-bond acceptors (Lipinski definition) is 2. The summed E-state index contributed by atoms with van der Waals surface area (Å²) in [4.78, 5) is 12.4. The highest BCUT2D eigenvalue weighted by Gasteiger charge is 2.31. The van der Waals surface area contributed by atoms with E-state index in [-0.39, 0.29) is 11.4 Å². The average molecular weight is 363 g/mol. The number of benzene rings is 2. The number of rotatable bonds is 3. The van der Waals surface area contributed by atoms with Crippen LogP contribution in [-0.2, 0) is 6.18 Å². The van der Waals surface area contributed by atoms with Crippen molar-refractivity contribution in [1.29, 1.82) is 0 Å². The molecule has 1 N–H and O–H groups in total. The lowest BCUT2D eigenvalue weighted by molar-refractivity contribution is -0.137. The molecule has 0 saturated carbocycles. The van der Waals surface area contributed by atoms with E-state index >= 15 is 0 Å². The molecule has 2 aromatic carbocycles. The van der Waals surface area contributed by atoms with Gasteiger partial charge in [0.15, 0.2) is 0 Å². The molecule has 134 valence electrons. The first-order chi connectivity index (χ1) is 12.2. The lowest BCUT2D eigenvalue weighted by Crippen LogP contribution is -2.16. The molecule has 1 aromatic heterocycles. The molecule has 0 atom stereocenters. The van der Waals surface area contributed by atoms with E-state index in [1.54, 1.807) is 13.0 Å². The standard InChI is InChI=1S/C18H13F4N3O/c1-11-9-16(25(24-11)15-7-5-14(19)6-8-15)23-17(26)12-3-2-4-13(10-12)18(20,21)22/h2-10H,1H3,(H,23,26). The fraction of sp³-hybridized carbons (Fsp3) is 0.111. The van der Waals surface area contributed by atoms with Crippen LogP contribution in [0.25, 0.3) is 5.69 Å². The second-order valence-corrected chi connectivity index (χ2v) is 5.59. The number of carbonyl (C=O) groups is 1. The Morgan fingerprint density at radius 1 is 1.08 bits per heavy atom. The fourth-order valence-corrected chi connectivity index (χ4v) is 2.39. The molecule has 0 aliphatic rings.